The van der Waals surface area contributed by atoms with Gasteiger partial charge in [-0.15, -0.1) is 0 Å². The van der Waals surface area contributed by atoms with E-state index in [0.717, 1.165) is 5.56 Å². The molecule has 0 bridgehead atoms. The van der Waals surface area contributed by atoms with Gasteiger partial charge in [-0.05, 0) is 73.5 Å². The minimum atomic E-state index is -1.97. The number of methoxy groups -OCH3 is 1. The molecule has 46 heavy (non-hydrogen) atoms. The van der Waals surface area contributed by atoms with E-state index in [0.29, 0.717) is 48.0 Å². The summed E-state index contributed by atoms with van der Waals surface area (Å²) in [5, 5.41) is 30.2. The molecule has 1 aliphatic carbocycles. The number of carbonyl (C=O) groups is 3. The number of nitrogens with one attached hydrogen (secondary N) is 3. The Kier molecular flexibility index (Phi) is 11.2. The summed E-state index contributed by atoms with van der Waals surface area (Å²) in [5.74, 6) is -1.50. The van der Waals surface area contributed by atoms with Gasteiger partial charge in [0.15, 0.2) is 0 Å². The van der Waals surface area contributed by atoms with Crippen LogP contribution in [0.3, 0.4) is 0 Å². The Morgan fingerprint density at radius 1 is 1.00 bits per heavy atom. The molecule has 4 rings (SSSR count). The molecule has 0 fully saturated rings. The summed E-state index contributed by atoms with van der Waals surface area (Å²) < 4.78 is 11.1. The molecular formula is C34H36N4O8. The van der Waals surface area contributed by atoms with E-state index >= 15 is 0 Å². The van der Waals surface area contributed by atoms with E-state index in [1.54, 1.807) is 48.6 Å². The van der Waals surface area contributed by atoms with E-state index in [4.69, 9.17) is 14.6 Å². The zero-order valence-electron chi connectivity index (χ0n) is 25.5. The van der Waals surface area contributed by atoms with Crippen LogP contribution in [0.1, 0.15) is 27.9 Å². The average Bonchev–Trinajstić information content (AvgIpc) is 3.04. The number of hydrogen-bond donors (Lipinski definition) is 4. The van der Waals surface area contributed by atoms with Crippen molar-refractivity contribution in [1.82, 2.24) is 5.32 Å². The molecule has 2 atom stereocenters. The summed E-state index contributed by atoms with van der Waals surface area (Å²) in [6.45, 7) is 2.89. The third kappa shape index (κ3) is 8.16. The second kappa shape index (κ2) is 15.5. The highest BCUT2D eigenvalue weighted by molar-refractivity contribution is 6.01. The van der Waals surface area contributed by atoms with Crippen molar-refractivity contribution in [3.63, 3.8) is 0 Å². The summed E-state index contributed by atoms with van der Waals surface area (Å²) in [6.07, 6.45) is 6.56. The van der Waals surface area contributed by atoms with Gasteiger partial charge in [-0.1, -0.05) is 42.5 Å². The smallest absolute Gasteiger partial charge is 0.335 e. The van der Waals surface area contributed by atoms with Crippen LogP contribution in [0.4, 0.5) is 16.2 Å². The summed E-state index contributed by atoms with van der Waals surface area (Å²) in [6, 6.07) is 17.8. The van der Waals surface area contributed by atoms with Crippen LogP contribution in [-0.2, 0) is 11.2 Å². The van der Waals surface area contributed by atoms with Gasteiger partial charge in [0, 0.05) is 29.7 Å². The van der Waals surface area contributed by atoms with Gasteiger partial charge < -0.3 is 30.5 Å². The van der Waals surface area contributed by atoms with Crippen LogP contribution < -0.4 is 25.4 Å². The molecule has 0 aromatic heterocycles. The molecule has 0 aliphatic heterocycles. The Morgan fingerprint density at radius 3 is 2.43 bits per heavy atom. The second-order valence-electron chi connectivity index (χ2n) is 10.7. The number of aromatic carboxylic acids is 1. The van der Waals surface area contributed by atoms with Gasteiger partial charge in [0.05, 0.1) is 30.9 Å². The SMILES string of the molecule is COc1cc(CC(=O)C2([N+](=O)[O-])C=CC=C[C@H]2CNCCCOc2ccc(C(=O)O)cc2)ccc1NC(=O)Nc1ccccc1C. The molecule has 0 heterocycles. The lowest BCUT2D eigenvalue weighted by atomic mass is 9.76. The second-order valence-corrected chi connectivity index (χ2v) is 10.7. The third-order valence-corrected chi connectivity index (χ3v) is 7.62. The summed E-state index contributed by atoms with van der Waals surface area (Å²) in [4.78, 5) is 49.2. The van der Waals surface area contributed by atoms with Gasteiger partial charge in [0.1, 0.15) is 11.5 Å². The lowest BCUT2D eigenvalue weighted by molar-refractivity contribution is -0.545. The van der Waals surface area contributed by atoms with Crippen LogP contribution in [0.25, 0.3) is 0 Å². The summed E-state index contributed by atoms with van der Waals surface area (Å²) in [7, 11) is 1.43. The molecule has 240 valence electrons. The van der Waals surface area contributed by atoms with E-state index in [1.165, 1.54) is 31.4 Å². The topological polar surface area (TPSA) is 169 Å². The molecule has 12 heteroatoms. The van der Waals surface area contributed by atoms with Gasteiger partial charge in [-0.3, -0.25) is 14.9 Å². The molecule has 1 aliphatic rings. The van der Waals surface area contributed by atoms with Gasteiger partial charge in [0.25, 0.3) is 0 Å². The minimum Gasteiger partial charge on any atom is -0.495 e. The molecule has 0 saturated heterocycles. The molecule has 12 nitrogen and oxygen atoms in total. The highest BCUT2D eigenvalue weighted by atomic mass is 16.6. The van der Waals surface area contributed by atoms with E-state index in [-0.39, 0.29) is 18.5 Å². The maximum absolute atomic E-state index is 13.7. The van der Waals surface area contributed by atoms with Crippen LogP contribution in [0.5, 0.6) is 11.5 Å². The van der Waals surface area contributed by atoms with Crippen LogP contribution in [0.2, 0.25) is 0 Å². The molecule has 3 aromatic rings. The molecular weight excluding hydrogens is 592 g/mol. The number of rotatable bonds is 15. The number of carbonyl (C=O) groups excluding carboxylic acids is 2. The largest absolute Gasteiger partial charge is 0.495 e. The Bertz CT molecular complexity index is 1640. The average molecular weight is 629 g/mol. The lowest BCUT2D eigenvalue weighted by Gasteiger charge is -2.29. The summed E-state index contributed by atoms with van der Waals surface area (Å²) in [5.41, 5.74) is 0.618. The molecule has 4 N–H and O–H groups in total. The number of anilines is 2. The predicted octanol–water partition coefficient (Wildman–Crippen LogP) is 5.27. The monoisotopic (exact) mass is 628 g/mol. The van der Waals surface area contributed by atoms with Gasteiger partial charge >= 0.3 is 17.5 Å². The number of aryl methyl sites for hydroxylation is 1. The standard InChI is InChI=1S/C34H36N4O8/c1-23-8-3-4-10-28(23)36-33(42)37-29-16-11-24(20-30(29)45-2)21-31(39)34(38(43)44)17-6-5-9-26(34)22-35-18-7-19-46-27-14-12-25(13-15-27)32(40)41/h3-6,8-17,20,26,35H,7,18-19,21-22H2,1-2H3,(H,40,41)(H2,36,37,42)/t26-,34?/m0/s1. The van der Waals surface area contributed by atoms with Crippen molar-refractivity contribution in [3.05, 3.63) is 118 Å². The number of nitrogens with zero attached hydrogens (tertiary/aromatic N) is 1. The molecule has 0 spiro atoms. The Balaban J connectivity index is 1.35. The highest BCUT2D eigenvalue weighted by Gasteiger charge is 2.54. The lowest BCUT2D eigenvalue weighted by Crippen LogP contribution is -2.54. The number of carboxylic acids is 1. The third-order valence-electron chi connectivity index (χ3n) is 7.62. The number of Topliss-reactive ketones (excluding diaryl/α,β-unsaturated/α-hetero) is 1. The molecule has 0 radical (unpaired) electrons. The van der Waals surface area contributed by atoms with Crippen LogP contribution in [0, 0.1) is 23.0 Å². The molecule has 3 aromatic carbocycles. The fourth-order valence-corrected chi connectivity index (χ4v) is 5.10. The quantitative estimate of drug-likeness (QED) is 0.0994. The van der Waals surface area contributed by atoms with Crippen molar-refractivity contribution in [2.75, 3.05) is 37.4 Å². The normalized spacial score (nSPS) is 16.8. The first-order valence-electron chi connectivity index (χ1n) is 14.6. The highest BCUT2D eigenvalue weighted by Crippen LogP contribution is 2.32. The number of ketones is 1. The van der Waals surface area contributed by atoms with E-state index in [9.17, 15) is 24.5 Å². The number of allylic oxidation sites excluding steroid dienone is 2. The zero-order valence-corrected chi connectivity index (χ0v) is 25.5. The van der Waals surface area contributed by atoms with E-state index < -0.39 is 34.2 Å². The number of nitro groups is 1. The molecule has 0 saturated carbocycles. The number of urea groups is 1. The number of carboxylic acid groups (broad SMARTS) is 1. The van der Waals surface area contributed by atoms with Crippen molar-refractivity contribution in [2.45, 2.75) is 25.3 Å². The van der Waals surface area contributed by atoms with Crippen molar-refractivity contribution < 1.29 is 33.9 Å². The maximum atomic E-state index is 13.7. The van der Waals surface area contributed by atoms with Crippen LogP contribution in [-0.4, -0.2) is 60.2 Å². The first kappa shape index (κ1) is 33.4. The Labute approximate surface area is 266 Å². The van der Waals surface area contributed by atoms with Crippen molar-refractivity contribution in [2.24, 2.45) is 5.92 Å². The van der Waals surface area contributed by atoms with Gasteiger partial charge in [-0.2, -0.15) is 0 Å². The first-order chi connectivity index (χ1) is 22.1. The van der Waals surface area contributed by atoms with Crippen LogP contribution >= 0.6 is 0 Å². The number of hydrogen-bond acceptors (Lipinski definition) is 8. The van der Waals surface area contributed by atoms with E-state index in [1.807, 2.05) is 25.1 Å². The first-order valence-corrected chi connectivity index (χ1v) is 14.6. The van der Waals surface area contributed by atoms with Gasteiger partial charge in [-0.25, -0.2) is 9.59 Å². The predicted molar refractivity (Wildman–Crippen MR) is 173 cm³/mol. The Hall–Kier alpha value is -5.49. The Morgan fingerprint density at radius 2 is 1.74 bits per heavy atom. The molecule has 2 amide bonds. The zero-order chi connectivity index (χ0) is 33.1. The number of ether oxygens (including phenoxy) is 2. The number of para-hydroxylation sites is 1. The molecule has 1 unspecified atom stereocenters. The van der Waals surface area contributed by atoms with Crippen molar-refractivity contribution in [1.29, 1.82) is 0 Å². The summed E-state index contributed by atoms with van der Waals surface area (Å²) >= 11 is 0. The van der Waals surface area contributed by atoms with Gasteiger partial charge in [0.2, 0.25) is 5.78 Å². The maximum Gasteiger partial charge on any atom is 0.335 e. The minimum absolute atomic E-state index is 0.166. The number of amides is 2. The fraction of sp³-hybridized carbons (Fsp3) is 0.265. The van der Waals surface area contributed by atoms with Crippen molar-refractivity contribution in [3.8, 4) is 11.5 Å². The number of benzene rings is 3. The van der Waals surface area contributed by atoms with Crippen LogP contribution in [0.15, 0.2) is 91.0 Å². The fourth-order valence-electron chi connectivity index (χ4n) is 5.10. The van der Waals surface area contributed by atoms with Crippen molar-refractivity contribution >= 4 is 29.2 Å². The van der Waals surface area contributed by atoms with E-state index in [2.05, 4.69) is 16.0 Å².